The standard InChI is InChI=1S/C50H49N4O.Pt/c1-48(2,3)35-19-22-44(43(29-35)34-15-11-10-12-16-34)53-26-25-52(33-53)38-27-37(50(7,8)9)28-40(31-38)55-39-20-21-42-41-17-13-14-18-45(41)54(46(42)32-39)47-30-36(23-24-51-47)49(4,5)6;/h10-30,33H,1-9H3;/q-3;. The summed E-state index contributed by atoms with van der Waals surface area (Å²) in [5.74, 6) is 2.11. The van der Waals surface area contributed by atoms with Gasteiger partial charge in [0.15, 0.2) is 0 Å². The molecular weight excluding hydrogens is 868 g/mol. The van der Waals surface area contributed by atoms with Crippen molar-refractivity contribution >= 4 is 33.2 Å². The van der Waals surface area contributed by atoms with Crippen molar-refractivity contribution in [3.8, 4) is 28.4 Å². The quantitative estimate of drug-likeness (QED) is 0.156. The number of hydrogen-bond acceptors (Lipinski definition) is 4. The van der Waals surface area contributed by atoms with E-state index in [-0.39, 0.29) is 37.3 Å². The van der Waals surface area contributed by atoms with Gasteiger partial charge in [-0.1, -0.05) is 122 Å². The SMILES string of the molecule is CC(C)(C)c1cc(Oc2[c-]c3c(cc2)c2ccccc2n3-c2cc(C(C)(C)C)ccn2)[c-]c(N2C=CN(c3ccc(C(C)(C)C)cc3-c3ccccc3)[CH-]2)c1.[Pt]. The Kier molecular flexibility index (Phi) is 10.3. The van der Waals surface area contributed by atoms with Crippen LogP contribution in [0.1, 0.15) is 79.0 Å². The molecule has 3 heterocycles. The Balaban J connectivity index is 0.00000480. The van der Waals surface area contributed by atoms with E-state index >= 15 is 0 Å². The molecule has 0 bridgehead atoms. The molecule has 0 fully saturated rings. The normalized spacial score (nSPS) is 13.4. The molecule has 1 aliphatic rings. The van der Waals surface area contributed by atoms with Gasteiger partial charge in [0.05, 0.1) is 0 Å². The summed E-state index contributed by atoms with van der Waals surface area (Å²) >= 11 is 0. The number of pyridine rings is 1. The Labute approximate surface area is 346 Å². The van der Waals surface area contributed by atoms with Gasteiger partial charge in [0.2, 0.25) is 0 Å². The van der Waals surface area contributed by atoms with Crippen LogP contribution < -0.4 is 14.5 Å². The molecule has 5 nitrogen and oxygen atoms in total. The van der Waals surface area contributed by atoms with Gasteiger partial charge in [0.25, 0.3) is 0 Å². The van der Waals surface area contributed by atoms with E-state index in [0.29, 0.717) is 11.5 Å². The second-order valence-electron chi connectivity index (χ2n) is 17.6. The zero-order valence-electron chi connectivity index (χ0n) is 33.7. The Morgan fingerprint density at radius 2 is 1.27 bits per heavy atom. The molecule has 0 N–H and O–H groups in total. The average molecular weight is 917 g/mol. The van der Waals surface area contributed by atoms with Crippen molar-refractivity contribution in [2.75, 3.05) is 9.80 Å². The minimum absolute atomic E-state index is 0. The average Bonchev–Trinajstić information content (AvgIpc) is 3.77. The van der Waals surface area contributed by atoms with Crippen molar-refractivity contribution in [1.82, 2.24) is 9.55 Å². The molecule has 0 aliphatic carbocycles. The fourth-order valence-corrected chi connectivity index (χ4v) is 7.17. The van der Waals surface area contributed by atoms with Crippen molar-refractivity contribution in [3.05, 3.63) is 163 Å². The molecule has 0 spiro atoms. The summed E-state index contributed by atoms with van der Waals surface area (Å²) in [7, 11) is 0. The van der Waals surface area contributed by atoms with Crippen LogP contribution in [0.4, 0.5) is 11.4 Å². The van der Waals surface area contributed by atoms with Crippen LogP contribution >= 0.6 is 0 Å². The molecule has 0 saturated carbocycles. The molecule has 2 aromatic heterocycles. The number of aromatic nitrogens is 2. The van der Waals surface area contributed by atoms with Crippen molar-refractivity contribution < 1.29 is 25.8 Å². The van der Waals surface area contributed by atoms with Crippen LogP contribution in [0.15, 0.2) is 128 Å². The van der Waals surface area contributed by atoms with Crippen molar-refractivity contribution in [3.63, 3.8) is 0 Å². The minimum Gasteiger partial charge on any atom is -0.509 e. The predicted molar refractivity (Wildman–Crippen MR) is 229 cm³/mol. The largest absolute Gasteiger partial charge is 0.509 e. The second-order valence-corrected chi connectivity index (χ2v) is 17.6. The van der Waals surface area contributed by atoms with Crippen molar-refractivity contribution in [1.29, 1.82) is 0 Å². The van der Waals surface area contributed by atoms with Crippen molar-refractivity contribution in [2.24, 2.45) is 0 Å². The van der Waals surface area contributed by atoms with Crippen LogP contribution in [0.3, 0.4) is 0 Å². The summed E-state index contributed by atoms with van der Waals surface area (Å²) in [5.41, 5.74) is 9.95. The van der Waals surface area contributed by atoms with E-state index in [1.54, 1.807) is 0 Å². The molecule has 5 aromatic carbocycles. The molecule has 0 saturated heterocycles. The minimum atomic E-state index is -0.127. The smallest absolute Gasteiger partial charge is 0.135 e. The number of fused-ring (bicyclic) bond motifs is 3. The third kappa shape index (κ3) is 7.67. The number of para-hydroxylation sites is 1. The fraction of sp³-hybridized carbons (Fsp3) is 0.240. The van der Waals surface area contributed by atoms with E-state index < -0.39 is 0 Å². The van der Waals surface area contributed by atoms with Gasteiger partial charge in [-0.15, -0.1) is 53.6 Å². The van der Waals surface area contributed by atoms with Gasteiger partial charge in [0.1, 0.15) is 5.82 Å². The topological polar surface area (TPSA) is 33.5 Å². The van der Waals surface area contributed by atoms with Gasteiger partial charge in [0, 0.05) is 55.5 Å². The van der Waals surface area contributed by atoms with Crippen LogP contribution in [-0.4, -0.2) is 9.55 Å². The maximum atomic E-state index is 6.70. The van der Waals surface area contributed by atoms with Gasteiger partial charge in [-0.25, -0.2) is 4.98 Å². The summed E-state index contributed by atoms with van der Waals surface area (Å²) in [6.45, 7) is 22.3. The first-order valence-corrected chi connectivity index (χ1v) is 19.1. The first kappa shape index (κ1) is 39.1. The third-order valence-electron chi connectivity index (χ3n) is 10.5. The molecule has 1 aliphatic heterocycles. The maximum Gasteiger partial charge on any atom is 0.135 e. The number of hydrogen-bond donors (Lipinski definition) is 0. The molecule has 0 radical (unpaired) electrons. The van der Waals surface area contributed by atoms with E-state index in [1.807, 2.05) is 12.3 Å². The summed E-state index contributed by atoms with van der Waals surface area (Å²) in [5, 5.41) is 2.25. The van der Waals surface area contributed by atoms with Gasteiger partial charge >= 0.3 is 0 Å². The Morgan fingerprint density at radius 1 is 0.589 bits per heavy atom. The summed E-state index contributed by atoms with van der Waals surface area (Å²) in [6, 6.07) is 45.9. The van der Waals surface area contributed by atoms with E-state index in [0.717, 1.165) is 44.6 Å². The Hall–Kier alpha value is -5.12. The second kappa shape index (κ2) is 14.8. The number of anilines is 2. The Morgan fingerprint density at radius 3 is 2.00 bits per heavy atom. The number of nitrogens with zero attached hydrogens (tertiary/aromatic N) is 4. The molecule has 56 heavy (non-hydrogen) atoms. The zero-order valence-corrected chi connectivity index (χ0v) is 36.0. The van der Waals surface area contributed by atoms with E-state index in [1.165, 1.54) is 22.3 Å². The fourth-order valence-electron chi connectivity index (χ4n) is 7.17. The summed E-state index contributed by atoms with van der Waals surface area (Å²) in [6.07, 6.45) is 6.10. The van der Waals surface area contributed by atoms with Crippen LogP contribution in [0, 0.1) is 18.8 Å². The molecule has 0 unspecified atom stereocenters. The number of ether oxygens (including phenoxy) is 1. The van der Waals surface area contributed by atoms with Crippen molar-refractivity contribution in [2.45, 2.75) is 78.6 Å². The van der Waals surface area contributed by atoms with Crippen LogP contribution in [0.2, 0.25) is 0 Å². The molecule has 0 amide bonds. The molecule has 6 heteroatoms. The first-order chi connectivity index (χ1) is 26.1. The van der Waals surface area contributed by atoms with Crippen LogP contribution in [0.5, 0.6) is 11.5 Å². The first-order valence-electron chi connectivity index (χ1n) is 19.1. The van der Waals surface area contributed by atoms with Crippen LogP contribution in [0.25, 0.3) is 38.8 Å². The van der Waals surface area contributed by atoms with Gasteiger partial charge in [-0.05, 0) is 81.1 Å². The maximum absolute atomic E-state index is 6.70. The molecule has 0 atom stereocenters. The van der Waals surface area contributed by atoms with Crippen LogP contribution in [-0.2, 0) is 37.3 Å². The third-order valence-corrected chi connectivity index (χ3v) is 10.5. The predicted octanol–water partition coefficient (Wildman–Crippen LogP) is 13.0. The van der Waals surface area contributed by atoms with Gasteiger partial charge in [-0.3, -0.25) is 0 Å². The van der Waals surface area contributed by atoms with E-state index in [9.17, 15) is 0 Å². The number of rotatable bonds is 6. The van der Waals surface area contributed by atoms with E-state index in [2.05, 4.69) is 211 Å². The van der Waals surface area contributed by atoms with Gasteiger partial charge < -0.3 is 19.1 Å². The molecule has 8 rings (SSSR count). The number of benzene rings is 5. The summed E-state index contributed by atoms with van der Waals surface area (Å²) < 4.78 is 8.90. The van der Waals surface area contributed by atoms with Gasteiger partial charge in [-0.2, -0.15) is 6.07 Å². The Bertz CT molecular complexity index is 2570. The monoisotopic (exact) mass is 916 g/mol. The molecule has 288 valence electrons. The molecular formula is C50H49N4OPt-3. The van der Waals surface area contributed by atoms with E-state index in [4.69, 9.17) is 9.72 Å². The molecule has 7 aromatic rings. The summed E-state index contributed by atoms with van der Waals surface area (Å²) in [4.78, 5) is 9.15. The zero-order chi connectivity index (χ0) is 38.7.